The van der Waals surface area contributed by atoms with Crippen molar-refractivity contribution in [2.45, 2.75) is 52.0 Å². The molecule has 1 aliphatic heterocycles. The second-order valence-electron chi connectivity index (χ2n) is 7.31. The Balaban J connectivity index is 1.79. The lowest BCUT2D eigenvalue weighted by molar-refractivity contribution is 0.128. The average Bonchev–Trinajstić information content (AvgIpc) is 3.09. The minimum absolute atomic E-state index is 0.112. The molecule has 3 heterocycles. The molecule has 1 saturated heterocycles. The maximum atomic E-state index is 13.1. The summed E-state index contributed by atoms with van der Waals surface area (Å²) in [6, 6.07) is -0.296. The Morgan fingerprint density at radius 2 is 1.89 bits per heavy atom. The van der Waals surface area contributed by atoms with E-state index in [2.05, 4.69) is 15.0 Å². The molecule has 1 aliphatic rings. The smallest absolute Gasteiger partial charge is 0.345 e. The fourth-order valence-electron chi connectivity index (χ4n) is 3.33. The number of aromatic nitrogens is 4. The molecule has 0 saturated carbocycles. The Bertz CT molecular complexity index is 827. The zero-order valence-corrected chi connectivity index (χ0v) is 16.9. The number of nitrogens with two attached hydrogens (primary N) is 1. The van der Waals surface area contributed by atoms with Crippen molar-refractivity contribution in [1.82, 2.24) is 24.4 Å². The maximum Gasteiger partial charge on any atom is 0.345 e. The van der Waals surface area contributed by atoms with Gasteiger partial charge >= 0.3 is 7.60 Å². The van der Waals surface area contributed by atoms with Crippen LogP contribution in [0.15, 0.2) is 12.7 Å². The second kappa shape index (κ2) is 7.81. The van der Waals surface area contributed by atoms with Crippen molar-refractivity contribution in [1.29, 1.82) is 0 Å². The normalized spacial score (nSPS) is 21.7. The summed E-state index contributed by atoms with van der Waals surface area (Å²) in [6.07, 6.45) is 1.95. The van der Waals surface area contributed by atoms with Crippen molar-refractivity contribution in [3.05, 3.63) is 12.7 Å². The van der Waals surface area contributed by atoms with Crippen molar-refractivity contribution in [3.63, 3.8) is 0 Å². The highest BCUT2D eigenvalue weighted by Gasteiger charge is 2.39. The van der Waals surface area contributed by atoms with Crippen molar-refractivity contribution < 1.29 is 18.7 Å². The van der Waals surface area contributed by atoms with Gasteiger partial charge in [0, 0.05) is 13.1 Å². The minimum Gasteiger partial charge on any atom is -0.390 e. The predicted molar refractivity (Wildman–Crippen MR) is 101 cm³/mol. The van der Waals surface area contributed by atoms with Gasteiger partial charge in [0.2, 0.25) is 0 Å². The van der Waals surface area contributed by atoms with E-state index in [9.17, 15) is 9.67 Å². The number of aliphatic hydroxyl groups excluding tert-OH is 1. The fraction of sp³-hybridized carbons (Fsp3) is 0.688. The number of β-amino-alcohol motifs (C(OH)–C–C–N with tert-alkyl or cyclic N) is 1. The van der Waals surface area contributed by atoms with Crippen LogP contribution in [0.2, 0.25) is 0 Å². The number of imidazole rings is 1. The Morgan fingerprint density at radius 3 is 2.52 bits per heavy atom. The summed E-state index contributed by atoms with van der Waals surface area (Å²) in [6.45, 7) is 8.08. The molecule has 2 aromatic heterocycles. The molecule has 0 bridgehead atoms. The van der Waals surface area contributed by atoms with Gasteiger partial charge in [-0.1, -0.05) is 0 Å². The highest BCUT2D eigenvalue weighted by atomic mass is 31.2. The maximum absolute atomic E-state index is 13.1. The molecule has 150 valence electrons. The first-order valence-electron chi connectivity index (χ1n) is 8.98. The first-order chi connectivity index (χ1) is 12.7. The number of likely N-dealkylation sites (tertiary alicyclic amines) is 1. The number of hydrogen-bond donors (Lipinski definition) is 2. The summed E-state index contributed by atoms with van der Waals surface area (Å²) in [5.41, 5.74) is 6.90. The van der Waals surface area contributed by atoms with Crippen LogP contribution in [0.1, 0.15) is 33.7 Å². The molecule has 27 heavy (non-hydrogen) atoms. The van der Waals surface area contributed by atoms with Crippen molar-refractivity contribution in [2.24, 2.45) is 0 Å². The van der Waals surface area contributed by atoms with Crippen LogP contribution in [-0.2, 0) is 13.6 Å². The van der Waals surface area contributed by atoms with Crippen LogP contribution in [0, 0.1) is 0 Å². The molecule has 1 fully saturated rings. The molecule has 3 rings (SSSR count). The summed E-state index contributed by atoms with van der Waals surface area (Å²) in [7, 11) is -3.32. The summed E-state index contributed by atoms with van der Waals surface area (Å²) < 4.78 is 26.1. The molecule has 10 nitrogen and oxygen atoms in total. The molecule has 0 amide bonds. The molecule has 0 aliphatic carbocycles. The molecule has 0 spiro atoms. The third-order valence-corrected chi connectivity index (χ3v) is 6.43. The van der Waals surface area contributed by atoms with E-state index in [1.165, 1.54) is 6.33 Å². The van der Waals surface area contributed by atoms with Gasteiger partial charge in [0.1, 0.15) is 18.1 Å². The van der Waals surface area contributed by atoms with Gasteiger partial charge in [0.15, 0.2) is 11.5 Å². The number of fused-ring (bicyclic) bond motifs is 1. The van der Waals surface area contributed by atoms with E-state index in [0.29, 0.717) is 30.1 Å². The molecular weight excluding hydrogens is 371 g/mol. The third kappa shape index (κ3) is 4.47. The molecule has 3 N–H and O–H groups in total. The average molecular weight is 398 g/mol. The monoisotopic (exact) mass is 398 g/mol. The van der Waals surface area contributed by atoms with Crippen LogP contribution in [0.3, 0.4) is 0 Å². The zero-order valence-electron chi connectivity index (χ0n) is 16.0. The SMILES string of the molecule is CC(C)OP(=O)(CN1C[C@H](O)[C@@H](n2cnc3c(N)ncnc32)C1)OC(C)C. The fourth-order valence-corrected chi connectivity index (χ4v) is 5.52. The van der Waals surface area contributed by atoms with E-state index in [1.807, 2.05) is 32.6 Å². The van der Waals surface area contributed by atoms with Gasteiger partial charge in [-0.25, -0.2) is 15.0 Å². The first kappa shape index (κ1) is 20.2. The summed E-state index contributed by atoms with van der Waals surface area (Å²) in [5.74, 6) is 0.295. The number of rotatable bonds is 7. The predicted octanol–water partition coefficient (Wildman–Crippen LogP) is 1.63. The van der Waals surface area contributed by atoms with E-state index < -0.39 is 13.7 Å². The van der Waals surface area contributed by atoms with Crippen LogP contribution in [-0.4, -0.2) is 67.2 Å². The van der Waals surface area contributed by atoms with E-state index in [4.69, 9.17) is 14.8 Å². The lowest BCUT2D eigenvalue weighted by Gasteiger charge is -2.26. The largest absolute Gasteiger partial charge is 0.390 e. The van der Waals surface area contributed by atoms with Crippen LogP contribution in [0.4, 0.5) is 5.82 Å². The molecule has 0 radical (unpaired) electrons. The molecular formula is C16H27N6O4P. The summed E-state index contributed by atoms with van der Waals surface area (Å²) in [5, 5.41) is 10.6. The van der Waals surface area contributed by atoms with Gasteiger partial charge in [0.25, 0.3) is 0 Å². The number of anilines is 1. The van der Waals surface area contributed by atoms with Crippen molar-refractivity contribution >= 4 is 24.6 Å². The second-order valence-corrected chi connectivity index (χ2v) is 9.24. The van der Waals surface area contributed by atoms with Gasteiger partial charge in [-0.3, -0.25) is 9.46 Å². The van der Waals surface area contributed by atoms with Gasteiger partial charge in [-0.2, -0.15) is 0 Å². The highest BCUT2D eigenvalue weighted by molar-refractivity contribution is 7.53. The topological polar surface area (TPSA) is 129 Å². The number of nitrogens with zero attached hydrogens (tertiary/aromatic N) is 5. The van der Waals surface area contributed by atoms with Crippen molar-refractivity contribution in [3.8, 4) is 0 Å². The minimum atomic E-state index is -3.32. The third-order valence-electron chi connectivity index (χ3n) is 4.20. The zero-order chi connectivity index (χ0) is 19.8. The lowest BCUT2D eigenvalue weighted by Crippen LogP contribution is -2.26. The first-order valence-corrected chi connectivity index (χ1v) is 10.7. The molecule has 2 aromatic rings. The van der Waals surface area contributed by atoms with Crippen molar-refractivity contribution in [2.75, 3.05) is 25.1 Å². The number of aliphatic hydroxyl groups is 1. The van der Waals surface area contributed by atoms with Gasteiger partial charge in [0.05, 0.1) is 30.7 Å². The van der Waals surface area contributed by atoms with E-state index in [-0.39, 0.29) is 24.5 Å². The van der Waals surface area contributed by atoms with Crippen LogP contribution >= 0.6 is 7.60 Å². The lowest BCUT2D eigenvalue weighted by atomic mass is 10.2. The van der Waals surface area contributed by atoms with E-state index in [1.54, 1.807) is 10.9 Å². The Labute approximate surface area is 158 Å². The van der Waals surface area contributed by atoms with Crippen LogP contribution in [0.25, 0.3) is 11.2 Å². The van der Waals surface area contributed by atoms with Crippen LogP contribution in [0.5, 0.6) is 0 Å². The summed E-state index contributed by atoms with van der Waals surface area (Å²) >= 11 is 0. The standard InChI is InChI=1S/C16H27N6O4P/c1-10(2)25-27(24,26-11(3)4)9-21-5-12(13(23)6-21)22-8-20-14-15(17)18-7-19-16(14)22/h7-8,10-13,23H,5-6,9H2,1-4H3,(H2,17,18,19)/t12-,13-/m0/s1. The molecule has 11 heteroatoms. The number of nitrogen functional groups attached to an aromatic ring is 1. The summed E-state index contributed by atoms with van der Waals surface area (Å²) in [4.78, 5) is 14.3. The van der Waals surface area contributed by atoms with E-state index >= 15 is 0 Å². The molecule has 2 atom stereocenters. The van der Waals surface area contributed by atoms with Gasteiger partial charge in [-0.15, -0.1) is 0 Å². The Hall–Kier alpha value is -1.58. The van der Waals surface area contributed by atoms with Gasteiger partial charge in [-0.05, 0) is 27.7 Å². The van der Waals surface area contributed by atoms with E-state index in [0.717, 1.165) is 0 Å². The van der Waals surface area contributed by atoms with Gasteiger partial charge < -0.3 is 24.5 Å². The van der Waals surface area contributed by atoms with Crippen LogP contribution < -0.4 is 5.73 Å². The quantitative estimate of drug-likeness (QED) is 0.669. The molecule has 0 unspecified atom stereocenters. The highest BCUT2D eigenvalue weighted by Crippen LogP contribution is 2.51. The number of hydrogen-bond acceptors (Lipinski definition) is 9. The Morgan fingerprint density at radius 1 is 1.22 bits per heavy atom. The Kier molecular flexibility index (Phi) is 5.83. The molecule has 0 aromatic carbocycles.